The first-order valence-corrected chi connectivity index (χ1v) is 4.57. The Balaban J connectivity index is 2.17. The summed E-state index contributed by atoms with van der Waals surface area (Å²) in [7, 11) is 0. The molecule has 0 spiro atoms. The van der Waals surface area contributed by atoms with Crippen LogP contribution in [0, 0.1) is 0 Å². The molecular formula is C10H17NO. The molecule has 0 aromatic carbocycles. The monoisotopic (exact) mass is 167 g/mol. The summed E-state index contributed by atoms with van der Waals surface area (Å²) in [6.45, 7) is 5.33. The average molecular weight is 167 g/mol. The van der Waals surface area contributed by atoms with Crippen LogP contribution in [0.15, 0.2) is 23.0 Å². The maximum Gasteiger partial charge on any atom is 0.0947 e. The lowest BCUT2D eigenvalue weighted by Crippen LogP contribution is -2.24. The molecule has 0 fully saturated rings. The highest BCUT2D eigenvalue weighted by Crippen LogP contribution is 2.01. The van der Waals surface area contributed by atoms with Crippen molar-refractivity contribution in [1.82, 2.24) is 5.32 Å². The van der Waals surface area contributed by atoms with Crippen LogP contribution in [-0.4, -0.2) is 6.04 Å². The third-order valence-corrected chi connectivity index (χ3v) is 1.96. The second-order valence-electron chi connectivity index (χ2n) is 3.20. The van der Waals surface area contributed by atoms with E-state index in [1.165, 1.54) is 18.4 Å². The molecule has 0 aliphatic carbocycles. The summed E-state index contributed by atoms with van der Waals surface area (Å²) < 4.78 is 4.97. The van der Waals surface area contributed by atoms with Crippen molar-refractivity contribution in [1.29, 1.82) is 0 Å². The van der Waals surface area contributed by atoms with Crippen LogP contribution in [-0.2, 0) is 6.54 Å². The second-order valence-corrected chi connectivity index (χ2v) is 3.20. The van der Waals surface area contributed by atoms with Crippen molar-refractivity contribution in [3.05, 3.63) is 24.2 Å². The Morgan fingerprint density at radius 3 is 3.00 bits per heavy atom. The van der Waals surface area contributed by atoms with Crippen LogP contribution in [0.4, 0.5) is 0 Å². The highest BCUT2D eigenvalue weighted by molar-refractivity contribution is 5.04. The predicted molar refractivity (Wildman–Crippen MR) is 49.9 cm³/mol. The van der Waals surface area contributed by atoms with E-state index in [0.717, 1.165) is 6.54 Å². The molecule has 0 amide bonds. The minimum Gasteiger partial charge on any atom is -0.472 e. The quantitative estimate of drug-likeness (QED) is 0.729. The maximum absolute atomic E-state index is 4.97. The van der Waals surface area contributed by atoms with Crippen LogP contribution in [0.25, 0.3) is 0 Å². The lowest BCUT2D eigenvalue weighted by Gasteiger charge is -2.10. The van der Waals surface area contributed by atoms with Crippen molar-refractivity contribution in [2.75, 3.05) is 0 Å². The fraction of sp³-hybridized carbons (Fsp3) is 0.600. The van der Waals surface area contributed by atoms with Gasteiger partial charge in [-0.1, -0.05) is 13.3 Å². The van der Waals surface area contributed by atoms with Crippen molar-refractivity contribution in [3.63, 3.8) is 0 Å². The number of rotatable bonds is 5. The van der Waals surface area contributed by atoms with Crippen LogP contribution in [0.3, 0.4) is 0 Å². The summed E-state index contributed by atoms with van der Waals surface area (Å²) >= 11 is 0. The van der Waals surface area contributed by atoms with Crippen molar-refractivity contribution >= 4 is 0 Å². The van der Waals surface area contributed by atoms with E-state index in [1.807, 2.05) is 6.07 Å². The number of furan rings is 1. The topological polar surface area (TPSA) is 25.2 Å². The molecule has 1 aromatic rings. The van der Waals surface area contributed by atoms with Gasteiger partial charge in [0.15, 0.2) is 0 Å². The van der Waals surface area contributed by atoms with E-state index in [0.29, 0.717) is 6.04 Å². The maximum atomic E-state index is 4.97. The molecule has 2 nitrogen and oxygen atoms in total. The highest BCUT2D eigenvalue weighted by Gasteiger charge is 1.99. The van der Waals surface area contributed by atoms with Gasteiger partial charge in [0, 0.05) is 18.2 Å². The summed E-state index contributed by atoms with van der Waals surface area (Å²) in [5.74, 6) is 0. The lowest BCUT2D eigenvalue weighted by molar-refractivity contribution is 0.503. The Morgan fingerprint density at radius 2 is 2.42 bits per heavy atom. The molecule has 12 heavy (non-hydrogen) atoms. The van der Waals surface area contributed by atoms with Gasteiger partial charge in [0.1, 0.15) is 0 Å². The zero-order valence-electron chi connectivity index (χ0n) is 7.84. The van der Waals surface area contributed by atoms with Crippen molar-refractivity contribution in [3.8, 4) is 0 Å². The molecule has 0 aliphatic heterocycles. The van der Waals surface area contributed by atoms with Crippen LogP contribution >= 0.6 is 0 Å². The molecule has 1 heterocycles. The lowest BCUT2D eigenvalue weighted by atomic mass is 10.2. The minimum absolute atomic E-state index is 0.602. The van der Waals surface area contributed by atoms with E-state index < -0.39 is 0 Å². The summed E-state index contributed by atoms with van der Waals surface area (Å²) in [4.78, 5) is 0. The van der Waals surface area contributed by atoms with Gasteiger partial charge in [0.2, 0.25) is 0 Å². The molecule has 1 atom stereocenters. The van der Waals surface area contributed by atoms with Crippen molar-refractivity contribution < 1.29 is 4.42 Å². The van der Waals surface area contributed by atoms with E-state index in [1.54, 1.807) is 12.5 Å². The molecule has 0 saturated carbocycles. The zero-order chi connectivity index (χ0) is 8.81. The van der Waals surface area contributed by atoms with E-state index in [4.69, 9.17) is 4.42 Å². The number of hydrogen-bond donors (Lipinski definition) is 1. The highest BCUT2D eigenvalue weighted by atomic mass is 16.3. The third-order valence-electron chi connectivity index (χ3n) is 1.96. The third kappa shape index (κ3) is 3.09. The van der Waals surface area contributed by atoms with Crippen LogP contribution in [0.1, 0.15) is 32.3 Å². The summed E-state index contributed by atoms with van der Waals surface area (Å²) in [5.41, 5.74) is 1.22. The van der Waals surface area contributed by atoms with Gasteiger partial charge in [-0.15, -0.1) is 0 Å². The predicted octanol–water partition coefficient (Wildman–Crippen LogP) is 2.56. The second kappa shape index (κ2) is 4.99. The van der Waals surface area contributed by atoms with Gasteiger partial charge in [-0.3, -0.25) is 0 Å². The van der Waals surface area contributed by atoms with Gasteiger partial charge in [-0.25, -0.2) is 0 Å². The van der Waals surface area contributed by atoms with Crippen molar-refractivity contribution in [2.24, 2.45) is 0 Å². The van der Waals surface area contributed by atoms with Crippen LogP contribution < -0.4 is 5.32 Å². The zero-order valence-corrected chi connectivity index (χ0v) is 7.84. The minimum atomic E-state index is 0.602. The molecule has 0 bridgehead atoms. The molecule has 1 rings (SSSR count). The molecule has 0 radical (unpaired) electrons. The Hall–Kier alpha value is -0.760. The van der Waals surface area contributed by atoms with Crippen LogP contribution in [0.2, 0.25) is 0 Å². The summed E-state index contributed by atoms with van der Waals surface area (Å²) in [6, 6.07) is 2.59. The normalized spacial score (nSPS) is 13.2. The average Bonchev–Trinajstić information content (AvgIpc) is 2.53. The summed E-state index contributed by atoms with van der Waals surface area (Å²) in [5, 5.41) is 3.43. The smallest absolute Gasteiger partial charge is 0.0947 e. The first-order valence-electron chi connectivity index (χ1n) is 4.57. The first kappa shape index (κ1) is 9.33. The van der Waals surface area contributed by atoms with E-state index in [-0.39, 0.29) is 0 Å². The Kier molecular flexibility index (Phi) is 3.88. The SMILES string of the molecule is CCCC(C)NCc1ccoc1. The number of nitrogens with one attached hydrogen (secondary N) is 1. The Bertz CT molecular complexity index is 194. The summed E-state index contributed by atoms with van der Waals surface area (Å²) in [6.07, 6.45) is 5.96. The van der Waals surface area contributed by atoms with E-state index in [9.17, 15) is 0 Å². The molecule has 2 heteroatoms. The van der Waals surface area contributed by atoms with E-state index >= 15 is 0 Å². The van der Waals surface area contributed by atoms with Gasteiger partial charge < -0.3 is 9.73 Å². The van der Waals surface area contributed by atoms with Gasteiger partial charge >= 0.3 is 0 Å². The van der Waals surface area contributed by atoms with Gasteiger partial charge in [-0.2, -0.15) is 0 Å². The molecule has 0 saturated heterocycles. The van der Waals surface area contributed by atoms with Crippen LogP contribution in [0.5, 0.6) is 0 Å². The van der Waals surface area contributed by atoms with Gasteiger partial charge in [-0.05, 0) is 19.4 Å². The molecular weight excluding hydrogens is 150 g/mol. The standard InChI is InChI=1S/C10H17NO/c1-3-4-9(2)11-7-10-5-6-12-8-10/h5-6,8-9,11H,3-4,7H2,1-2H3. The molecule has 0 aliphatic rings. The Labute approximate surface area is 74.0 Å². The molecule has 1 aromatic heterocycles. The fourth-order valence-corrected chi connectivity index (χ4v) is 1.22. The molecule has 1 N–H and O–H groups in total. The first-order chi connectivity index (χ1) is 5.83. The van der Waals surface area contributed by atoms with Gasteiger partial charge in [0.25, 0.3) is 0 Å². The molecule has 1 unspecified atom stereocenters. The van der Waals surface area contributed by atoms with Gasteiger partial charge in [0.05, 0.1) is 12.5 Å². The Morgan fingerprint density at radius 1 is 1.58 bits per heavy atom. The van der Waals surface area contributed by atoms with E-state index in [2.05, 4.69) is 19.2 Å². The van der Waals surface area contributed by atoms with Crippen molar-refractivity contribution in [2.45, 2.75) is 39.3 Å². The number of hydrogen-bond acceptors (Lipinski definition) is 2. The molecule has 68 valence electrons. The fourth-order valence-electron chi connectivity index (χ4n) is 1.22. The largest absolute Gasteiger partial charge is 0.472 e.